The van der Waals surface area contributed by atoms with E-state index in [9.17, 15) is 0 Å². The van der Waals surface area contributed by atoms with E-state index in [1.54, 1.807) is 6.33 Å². The van der Waals surface area contributed by atoms with E-state index >= 15 is 0 Å². The SMILES string of the molecule is CN1CC=C(c2cc(Nc3ccc4cccnc4c3)ncn2)CC1. The number of fused-ring (bicyclic) bond motifs is 1. The Morgan fingerprint density at radius 2 is 2.04 bits per heavy atom. The quantitative estimate of drug-likeness (QED) is 0.801. The lowest BCUT2D eigenvalue weighted by molar-refractivity contribution is 0.369. The van der Waals surface area contributed by atoms with Crippen LogP contribution in [0.4, 0.5) is 11.5 Å². The van der Waals surface area contributed by atoms with Crippen LogP contribution in [0.1, 0.15) is 12.1 Å². The Balaban J connectivity index is 1.59. The van der Waals surface area contributed by atoms with Gasteiger partial charge in [0.1, 0.15) is 12.1 Å². The predicted molar refractivity (Wildman–Crippen MR) is 97.1 cm³/mol. The number of rotatable bonds is 3. The van der Waals surface area contributed by atoms with Gasteiger partial charge in [-0.25, -0.2) is 9.97 Å². The highest BCUT2D eigenvalue weighted by Gasteiger charge is 2.11. The van der Waals surface area contributed by atoms with Gasteiger partial charge in [-0.3, -0.25) is 4.98 Å². The zero-order valence-electron chi connectivity index (χ0n) is 13.6. The van der Waals surface area contributed by atoms with Crippen molar-refractivity contribution in [2.45, 2.75) is 6.42 Å². The van der Waals surface area contributed by atoms with Gasteiger partial charge in [-0.1, -0.05) is 18.2 Å². The van der Waals surface area contributed by atoms with Crippen LogP contribution in [0.5, 0.6) is 0 Å². The van der Waals surface area contributed by atoms with E-state index in [-0.39, 0.29) is 0 Å². The highest BCUT2D eigenvalue weighted by Crippen LogP contribution is 2.24. The minimum absolute atomic E-state index is 0.801. The minimum atomic E-state index is 0.801. The molecule has 1 aliphatic rings. The molecule has 24 heavy (non-hydrogen) atoms. The Bertz CT molecular complexity index is 903. The molecule has 0 aliphatic carbocycles. The van der Waals surface area contributed by atoms with Crippen LogP contribution in [0.15, 0.2) is 55.0 Å². The second kappa shape index (κ2) is 6.37. The normalized spacial score (nSPS) is 15.3. The second-order valence-electron chi connectivity index (χ2n) is 6.07. The fourth-order valence-electron chi connectivity index (χ4n) is 2.90. The monoisotopic (exact) mass is 317 g/mol. The Kier molecular flexibility index (Phi) is 3.92. The third-order valence-corrected chi connectivity index (χ3v) is 4.29. The number of benzene rings is 1. The van der Waals surface area contributed by atoms with Gasteiger partial charge in [0, 0.05) is 36.4 Å². The minimum Gasteiger partial charge on any atom is -0.340 e. The van der Waals surface area contributed by atoms with Crippen molar-refractivity contribution in [3.63, 3.8) is 0 Å². The molecule has 1 N–H and O–H groups in total. The number of aromatic nitrogens is 3. The van der Waals surface area contributed by atoms with Gasteiger partial charge in [-0.15, -0.1) is 0 Å². The molecule has 0 radical (unpaired) electrons. The molecule has 0 spiro atoms. The van der Waals surface area contributed by atoms with Crippen LogP contribution in [0.25, 0.3) is 16.5 Å². The summed E-state index contributed by atoms with van der Waals surface area (Å²) >= 11 is 0. The molecule has 4 rings (SSSR count). The summed E-state index contributed by atoms with van der Waals surface area (Å²) in [4.78, 5) is 15.5. The van der Waals surface area contributed by atoms with E-state index in [1.165, 1.54) is 5.57 Å². The largest absolute Gasteiger partial charge is 0.340 e. The standard InChI is InChI=1S/C19H19N5/c1-24-9-6-15(7-10-24)18-12-19(22-13-21-18)23-16-5-4-14-3-2-8-20-17(14)11-16/h2-6,8,11-13H,7,9-10H2,1H3,(H,21,22,23). The van der Waals surface area contributed by atoms with E-state index in [0.29, 0.717) is 0 Å². The van der Waals surface area contributed by atoms with E-state index in [0.717, 1.165) is 47.6 Å². The Hall–Kier alpha value is -2.79. The summed E-state index contributed by atoms with van der Waals surface area (Å²) in [5, 5.41) is 4.48. The van der Waals surface area contributed by atoms with Gasteiger partial charge < -0.3 is 10.2 Å². The Labute approximate surface area is 141 Å². The van der Waals surface area contributed by atoms with Gasteiger partial charge in [0.2, 0.25) is 0 Å². The number of pyridine rings is 1. The molecule has 120 valence electrons. The van der Waals surface area contributed by atoms with Crippen molar-refractivity contribution in [1.29, 1.82) is 0 Å². The van der Waals surface area contributed by atoms with Crippen LogP contribution in [0, 0.1) is 0 Å². The smallest absolute Gasteiger partial charge is 0.134 e. The van der Waals surface area contributed by atoms with Crippen molar-refractivity contribution < 1.29 is 0 Å². The lowest BCUT2D eigenvalue weighted by Crippen LogP contribution is -2.23. The van der Waals surface area contributed by atoms with Crippen molar-refractivity contribution in [3.8, 4) is 0 Å². The summed E-state index contributed by atoms with van der Waals surface area (Å²) in [6.07, 6.45) is 6.69. The molecule has 2 aromatic heterocycles. The molecule has 3 aromatic rings. The highest BCUT2D eigenvalue weighted by molar-refractivity contribution is 5.82. The van der Waals surface area contributed by atoms with Gasteiger partial charge >= 0.3 is 0 Å². The number of nitrogens with zero attached hydrogens (tertiary/aromatic N) is 4. The van der Waals surface area contributed by atoms with Crippen LogP contribution >= 0.6 is 0 Å². The zero-order valence-corrected chi connectivity index (χ0v) is 13.6. The van der Waals surface area contributed by atoms with Gasteiger partial charge in [0.05, 0.1) is 11.2 Å². The van der Waals surface area contributed by atoms with E-state index < -0.39 is 0 Å². The first-order valence-corrected chi connectivity index (χ1v) is 8.10. The molecule has 3 heterocycles. The molecule has 0 amide bonds. The first-order chi connectivity index (χ1) is 11.8. The predicted octanol–water partition coefficient (Wildman–Crippen LogP) is 3.49. The number of hydrogen-bond acceptors (Lipinski definition) is 5. The summed E-state index contributed by atoms with van der Waals surface area (Å²) in [6.45, 7) is 2.04. The Morgan fingerprint density at radius 3 is 2.92 bits per heavy atom. The fourth-order valence-corrected chi connectivity index (χ4v) is 2.90. The van der Waals surface area contributed by atoms with E-state index in [4.69, 9.17) is 0 Å². The number of nitrogens with one attached hydrogen (secondary N) is 1. The molecule has 1 aromatic carbocycles. The highest BCUT2D eigenvalue weighted by atomic mass is 15.1. The van der Waals surface area contributed by atoms with Gasteiger partial charge in [0.25, 0.3) is 0 Å². The van der Waals surface area contributed by atoms with Crippen molar-refractivity contribution in [2.24, 2.45) is 0 Å². The summed E-state index contributed by atoms with van der Waals surface area (Å²) in [7, 11) is 2.13. The third kappa shape index (κ3) is 3.12. The molecular formula is C19H19N5. The lowest BCUT2D eigenvalue weighted by Gasteiger charge is -2.21. The maximum absolute atomic E-state index is 4.43. The molecule has 0 saturated carbocycles. The average molecular weight is 317 g/mol. The fraction of sp³-hybridized carbons (Fsp3) is 0.211. The van der Waals surface area contributed by atoms with E-state index in [2.05, 4.69) is 50.4 Å². The summed E-state index contributed by atoms with van der Waals surface area (Å²) in [5.41, 5.74) is 4.23. The van der Waals surface area contributed by atoms with Crippen LogP contribution < -0.4 is 5.32 Å². The molecule has 0 unspecified atom stereocenters. The maximum atomic E-state index is 4.43. The Morgan fingerprint density at radius 1 is 1.08 bits per heavy atom. The maximum Gasteiger partial charge on any atom is 0.134 e. The molecule has 0 atom stereocenters. The van der Waals surface area contributed by atoms with Crippen LogP contribution in [0.2, 0.25) is 0 Å². The summed E-state index contributed by atoms with van der Waals surface area (Å²) in [6, 6.07) is 12.2. The molecule has 5 heteroatoms. The average Bonchev–Trinajstić information content (AvgIpc) is 2.62. The van der Waals surface area contributed by atoms with Gasteiger partial charge in [-0.05, 0) is 37.2 Å². The van der Waals surface area contributed by atoms with Crippen molar-refractivity contribution >= 4 is 28.0 Å². The molecular weight excluding hydrogens is 298 g/mol. The number of likely N-dealkylation sites (N-methyl/N-ethyl adjacent to an activating group) is 1. The second-order valence-corrected chi connectivity index (χ2v) is 6.07. The van der Waals surface area contributed by atoms with Crippen molar-refractivity contribution in [1.82, 2.24) is 19.9 Å². The molecule has 0 saturated heterocycles. The first-order valence-electron chi connectivity index (χ1n) is 8.10. The summed E-state index contributed by atoms with van der Waals surface area (Å²) < 4.78 is 0. The van der Waals surface area contributed by atoms with E-state index in [1.807, 2.05) is 30.5 Å². The molecule has 5 nitrogen and oxygen atoms in total. The van der Waals surface area contributed by atoms with Crippen molar-refractivity contribution in [3.05, 3.63) is 60.7 Å². The van der Waals surface area contributed by atoms with Crippen LogP contribution in [0.3, 0.4) is 0 Å². The lowest BCUT2D eigenvalue weighted by atomic mass is 10.0. The van der Waals surface area contributed by atoms with Crippen LogP contribution in [-0.4, -0.2) is 40.0 Å². The molecule has 0 bridgehead atoms. The van der Waals surface area contributed by atoms with Gasteiger partial charge in [-0.2, -0.15) is 0 Å². The zero-order chi connectivity index (χ0) is 16.4. The third-order valence-electron chi connectivity index (χ3n) is 4.29. The van der Waals surface area contributed by atoms with Crippen LogP contribution in [-0.2, 0) is 0 Å². The molecule has 0 fully saturated rings. The molecule has 1 aliphatic heterocycles. The number of hydrogen-bond donors (Lipinski definition) is 1. The van der Waals surface area contributed by atoms with Crippen molar-refractivity contribution in [2.75, 3.05) is 25.5 Å². The topological polar surface area (TPSA) is 53.9 Å². The van der Waals surface area contributed by atoms with Gasteiger partial charge in [0.15, 0.2) is 0 Å². The number of anilines is 2. The first kappa shape index (κ1) is 14.8. The summed E-state index contributed by atoms with van der Waals surface area (Å²) in [5.74, 6) is 0.801.